The summed E-state index contributed by atoms with van der Waals surface area (Å²) < 4.78 is 1.75. The molecule has 1 amide bonds. The van der Waals surface area contributed by atoms with E-state index >= 15 is 0 Å². The topological polar surface area (TPSA) is 70.7 Å². The lowest BCUT2D eigenvalue weighted by Crippen LogP contribution is -2.23. The van der Waals surface area contributed by atoms with E-state index in [0.29, 0.717) is 6.42 Å². The molecular weight excluding hydrogens is 296 g/mol. The minimum Gasteiger partial charge on any atom is -0.325 e. The maximum Gasteiger partial charge on any atom is 0.247 e. The second-order valence-corrected chi connectivity index (χ2v) is 6.44. The van der Waals surface area contributed by atoms with Crippen LogP contribution in [0.3, 0.4) is 0 Å². The molecule has 2 aromatic rings. The van der Waals surface area contributed by atoms with Crippen LogP contribution in [0.4, 0.5) is 5.69 Å². The van der Waals surface area contributed by atoms with Crippen molar-refractivity contribution in [2.24, 2.45) is 0 Å². The predicted octanol–water partition coefficient (Wildman–Crippen LogP) is 3.48. The minimum absolute atomic E-state index is 0.0982. The van der Waals surface area contributed by atoms with Gasteiger partial charge in [0.25, 0.3) is 0 Å². The van der Waals surface area contributed by atoms with Crippen molar-refractivity contribution in [1.29, 1.82) is 5.26 Å². The molecule has 2 atom stereocenters. The van der Waals surface area contributed by atoms with Crippen LogP contribution in [0.25, 0.3) is 0 Å². The Labute approximate surface area is 134 Å². The summed E-state index contributed by atoms with van der Waals surface area (Å²) >= 11 is 1.59. The molecule has 1 N–H and O–H groups in total. The number of hydrogen-bond donors (Lipinski definition) is 1. The SMILES string of the molecule is C[C@H](CC#N)Sc1ccccc1NC(=O)[C@H](C)n1ccnc1. The lowest BCUT2D eigenvalue weighted by atomic mass is 10.2. The number of anilines is 1. The summed E-state index contributed by atoms with van der Waals surface area (Å²) in [5.74, 6) is -0.0982. The smallest absolute Gasteiger partial charge is 0.247 e. The van der Waals surface area contributed by atoms with Crippen molar-refractivity contribution in [1.82, 2.24) is 9.55 Å². The van der Waals surface area contributed by atoms with Crippen LogP contribution in [0, 0.1) is 11.3 Å². The number of nitrogens with one attached hydrogen (secondary N) is 1. The summed E-state index contributed by atoms with van der Waals surface area (Å²) in [5.41, 5.74) is 0.772. The molecule has 1 aromatic heterocycles. The Morgan fingerprint density at radius 1 is 1.45 bits per heavy atom. The normalized spacial score (nSPS) is 13.1. The molecule has 0 aliphatic carbocycles. The monoisotopic (exact) mass is 314 g/mol. The van der Waals surface area contributed by atoms with Gasteiger partial charge in [-0.25, -0.2) is 4.98 Å². The van der Waals surface area contributed by atoms with Crippen LogP contribution in [-0.2, 0) is 4.79 Å². The molecule has 6 heteroatoms. The highest BCUT2D eigenvalue weighted by Crippen LogP contribution is 2.31. The number of nitrogens with zero attached hydrogens (tertiary/aromatic N) is 3. The molecule has 22 heavy (non-hydrogen) atoms. The average Bonchev–Trinajstić information content (AvgIpc) is 3.03. The Morgan fingerprint density at radius 3 is 2.91 bits per heavy atom. The zero-order valence-electron chi connectivity index (χ0n) is 12.6. The van der Waals surface area contributed by atoms with Gasteiger partial charge >= 0.3 is 0 Å². The molecule has 1 heterocycles. The van der Waals surface area contributed by atoms with E-state index in [2.05, 4.69) is 16.4 Å². The van der Waals surface area contributed by atoms with Gasteiger partial charge in [0.1, 0.15) is 6.04 Å². The van der Waals surface area contributed by atoms with E-state index in [0.717, 1.165) is 10.6 Å². The Bertz CT molecular complexity index is 663. The first kappa shape index (κ1) is 16.1. The van der Waals surface area contributed by atoms with Gasteiger partial charge in [0.15, 0.2) is 0 Å². The van der Waals surface area contributed by atoms with E-state index in [1.165, 1.54) is 0 Å². The van der Waals surface area contributed by atoms with E-state index in [1.807, 2.05) is 38.1 Å². The molecule has 0 spiro atoms. The number of imidazole rings is 1. The van der Waals surface area contributed by atoms with Crippen LogP contribution >= 0.6 is 11.8 Å². The summed E-state index contributed by atoms with van der Waals surface area (Å²) in [7, 11) is 0. The zero-order valence-corrected chi connectivity index (χ0v) is 13.4. The summed E-state index contributed by atoms with van der Waals surface area (Å²) in [4.78, 5) is 17.3. The van der Waals surface area contributed by atoms with Crippen molar-refractivity contribution in [2.75, 3.05) is 5.32 Å². The average molecular weight is 314 g/mol. The molecule has 0 saturated carbocycles. The summed E-state index contributed by atoms with van der Waals surface area (Å²) in [5, 5.41) is 11.9. The zero-order chi connectivity index (χ0) is 15.9. The molecule has 114 valence electrons. The number of hydrogen-bond acceptors (Lipinski definition) is 4. The molecule has 0 aliphatic heterocycles. The van der Waals surface area contributed by atoms with Gasteiger partial charge in [0, 0.05) is 29.0 Å². The number of thioether (sulfide) groups is 1. The molecular formula is C16H18N4OS. The molecule has 0 saturated heterocycles. The number of amides is 1. The number of benzene rings is 1. The van der Waals surface area contributed by atoms with Crippen LogP contribution < -0.4 is 5.32 Å². The Kier molecular flexibility index (Phi) is 5.61. The maximum absolute atomic E-state index is 12.4. The lowest BCUT2D eigenvalue weighted by Gasteiger charge is -2.16. The highest BCUT2D eigenvalue weighted by atomic mass is 32.2. The standard InChI is InChI=1S/C16H18N4OS/c1-12(7-8-17)22-15-6-4-3-5-14(15)19-16(21)13(2)20-10-9-18-11-20/h3-6,9-13H,7H2,1-2H3,(H,19,21)/t12-,13+/m1/s1. The van der Waals surface area contributed by atoms with Gasteiger partial charge in [-0.05, 0) is 19.1 Å². The second kappa shape index (κ2) is 7.66. The fraction of sp³-hybridized carbons (Fsp3) is 0.312. The summed E-state index contributed by atoms with van der Waals surface area (Å²) in [6.45, 7) is 3.83. The number of carbonyl (C=O) groups excluding carboxylic acids is 1. The van der Waals surface area contributed by atoms with Gasteiger partial charge in [-0.2, -0.15) is 5.26 Å². The largest absolute Gasteiger partial charge is 0.325 e. The molecule has 0 aliphatic rings. The predicted molar refractivity (Wildman–Crippen MR) is 87.6 cm³/mol. The number of rotatable bonds is 6. The van der Waals surface area contributed by atoms with Gasteiger partial charge in [-0.1, -0.05) is 19.1 Å². The van der Waals surface area contributed by atoms with E-state index in [-0.39, 0.29) is 17.2 Å². The lowest BCUT2D eigenvalue weighted by molar-refractivity contribution is -0.118. The van der Waals surface area contributed by atoms with Crippen LogP contribution in [0.15, 0.2) is 47.9 Å². The molecule has 5 nitrogen and oxygen atoms in total. The van der Waals surface area contributed by atoms with Crippen molar-refractivity contribution < 1.29 is 4.79 Å². The Balaban J connectivity index is 2.09. The molecule has 0 radical (unpaired) electrons. The summed E-state index contributed by atoms with van der Waals surface area (Å²) in [6, 6.07) is 9.47. The summed E-state index contributed by atoms with van der Waals surface area (Å²) in [6.07, 6.45) is 5.51. The molecule has 2 rings (SSSR count). The van der Waals surface area contributed by atoms with Crippen LogP contribution in [0.1, 0.15) is 26.3 Å². The quantitative estimate of drug-likeness (QED) is 0.829. The van der Waals surface area contributed by atoms with Crippen LogP contribution in [-0.4, -0.2) is 20.7 Å². The van der Waals surface area contributed by atoms with E-state index in [4.69, 9.17) is 5.26 Å². The highest BCUT2D eigenvalue weighted by Gasteiger charge is 2.16. The van der Waals surface area contributed by atoms with Gasteiger partial charge < -0.3 is 9.88 Å². The van der Waals surface area contributed by atoms with Crippen molar-refractivity contribution in [2.45, 2.75) is 36.5 Å². The van der Waals surface area contributed by atoms with Crippen molar-refractivity contribution in [3.8, 4) is 6.07 Å². The third-order valence-corrected chi connectivity index (χ3v) is 4.38. The Hall–Kier alpha value is -2.26. The molecule has 0 unspecified atom stereocenters. The van der Waals surface area contributed by atoms with E-state index in [1.54, 1.807) is 35.0 Å². The van der Waals surface area contributed by atoms with Gasteiger partial charge in [0.05, 0.1) is 18.1 Å². The van der Waals surface area contributed by atoms with Crippen molar-refractivity contribution in [3.63, 3.8) is 0 Å². The second-order valence-electron chi connectivity index (χ2n) is 4.96. The fourth-order valence-corrected chi connectivity index (χ4v) is 2.93. The third-order valence-electron chi connectivity index (χ3n) is 3.20. The van der Waals surface area contributed by atoms with Crippen LogP contribution in [0.5, 0.6) is 0 Å². The van der Waals surface area contributed by atoms with Gasteiger partial charge in [-0.3, -0.25) is 4.79 Å². The number of para-hydroxylation sites is 1. The first-order valence-corrected chi connectivity index (χ1v) is 7.90. The minimum atomic E-state index is -0.336. The van der Waals surface area contributed by atoms with E-state index < -0.39 is 0 Å². The van der Waals surface area contributed by atoms with E-state index in [9.17, 15) is 4.79 Å². The van der Waals surface area contributed by atoms with Crippen LogP contribution in [0.2, 0.25) is 0 Å². The van der Waals surface area contributed by atoms with Crippen molar-refractivity contribution >= 4 is 23.4 Å². The first-order chi connectivity index (χ1) is 10.6. The molecule has 0 fully saturated rings. The highest BCUT2D eigenvalue weighted by molar-refractivity contribution is 8.00. The number of carbonyl (C=O) groups is 1. The molecule has 0 bridgehead atoms. The maximum atomic E-state index is 12.4. The fourth-order valence-electron chi connectivity index (χ4n) is 1.93. The number of nitriles is 1. The molecule has 1 aromatic carbocycles. The van der Waals surface area contributed by atoms with Gasteiger partial charge in [0.2, 0.25) is 5.91 Å². The van der Waals surface area contributed by atoms with Crippen molar-refractivity contribution in [3.05, 3.63) is 43.0 Å². The van der Waals surface area contributed by atoms with Gasteiger partial charge in [-0.15, -0.1) is 11.8 Å². The Morgan fingerprint density at radius 2 is 2.23 bits per heavy atom. The number of aromatic nitrogens is 2. The first-order valence-electron chi connectivity index (χ1n) is 7.02. The third kappa shape index (κ3) is 4.12.